The molecule has 5 nitrogen and oxygen atoms in total. The fourth-order valence-electron chi connectivity index (χ4n) is 0.738. The topological polar surface area (TPSA) is 61.2 Å². The lowest BCUT2D eigenvalue weighted by Crippen LogP contribution is -2.03. The van der Waals surface area contributed by atoms with Crippen molar-refractivity contribution in [3.05, 3.63) is 16.4 Å². The van der Waals surface area contributed by atoms with Crippen molar-refractivity contribution < 1.29 is 12.6 Å². The van der Waals surface area contributed by atoms with E-state index in [0.717, 1.165) is 10.9 Å². The van der Waals surface area contributed by atoms with E-state index in [0.29, 0.717) is 5.69 Å². The van der Waals surface area contributed by atoms with Gasteiger partial charge in [-0.15, -0.1) is 0 Å². The minimum absolute atomic E-state index is 0.0295. The Morgan fingerprint density at radius 1 is 1.69 bits per heavy atom. The van der Waals surface area contributed by atoms with Gasteiger partial charge in [0.1, 0.15) is 11.2 Å². The molecule has 0 saturated carbocycles. The predicted molar refractivity (Wildman–Crippen MR) is 50.5 cm³/mol. The number of aromatic nitrogens is 2. The standard InChI is InChI=1S/C6H9BrN2O3S/c1-9-6(7)3-5(8-9)4-12-13(2,10)11/h3H,4H2,1-2H3. The Balaban J connectivity index is 2.66. The Morgan fingerprint density at radius 2 is 2.31 bits per heavy atom. The number of rotatable bonds is 3. The molecule has 0 fully saturated rings. The van der Waals surface area contributed by atoms with Crippen molar-refractivity contribution in [2.45, 2.75) is 6.61 Å². The van der Waals surface area contributed by atoms with Crippen LogP contribution in [-0.2, 0) is 28.0 Å². The highest BCUT2D eigenvalue weighted by Gasteiger charge is 2.06. The molecule has 0 aromatic carbocycles. The molecule has 1 aromatic rings. The predicted octanol–water partition coefficient (Wildman–Crippen LogP) is 0.659. The molecule has 0 N–H and O–H groups in total. The fourth-order valence-corrected chi connectivity index (χ4v) is 1.42. The quantitative estimate of drug-likeness (QED) is 0.756. The first-order valence-electron chi connectivity index (χ1n) is 3.41. The molecule has 0 aliphatic rings. The Kier molecular flexibility index (Phi) is 3.09. The summed E-state index contributed by atoms with van der Waals surface area (Å²) in [7, 11) is -1.65. The minimum Gasteiger partial charge on any atom is -0.264 e. The van der Waals surface area contributed by atoms with Crippen LogP contribution in [0.2, 0.25) is 0 Å². The Bertz CT molecular complexity index is 379. The largest absolute Gasteiger partial charge is 0.264 e. The van der Waals surface area contributed by atoms with Crippen molar-refractivity contribution in [1.82, 2.24) is 9.78 Å². The van der Waals surface area contributed by atoms with Crippen LogP contribution in [-0.4, -0.2) is 24.5 Å². The molecule has 74 valence electrons. The van der Waals surface area contributed by atoms with E-state index < -0.39 is 10.1 Å². The second-order valence-corrected chi connectivity index (χ2v) is 5.00. The molecular weight excluding hydrogens is 260 g/mol. The second-order valence-electron chi connectivity index (χ2n) is 2.55. The molecule has 0 aliphatic heterocycles. The molecule has 0 bridgehead atoms. The first-order chi connectivity index (χ1) is 5.88. The molecule has 13 heavy (non-hydrogen) atoms. The number of hydrogen-bond acceptors (Lipinski definition) is 4. The SMILES string of the molecule is Cn1nc(COS(C)(=O)=O)cc1Br. The van der Waals surface area contributed by atoms with Gasteiger partial charge in [-0.2, -0.15) is 13.5 Å². The highest BCUT2D eigenvalue weighted by Crippen LogP contribution is 2.11. The van der Waals surface area contributed by atoms with Crippen LogP contribution in [0.1, 0.15) is 5.69 Å². The van der Waals surface area contributed by atoms with Crippen molar-refractivity contribution in [2.24, 2.45) is 7.05 Å². The van der Waals surface area contributed by atoms with Crippen LogP contribution in [0.3, 0.4) is 0 Å². The lowest BCUT2D eigenvalue weighted by molar-refractivity contribution is 0.306. The van der Waals surface area contributed by atoms with Crippen molar-refractivity contribution in [1.29, 1.82) is 0 Å². The third-order valence-corrected chi connectivity index (χ3v) is 2.58. The van der Waals surface area contributed by atoms with E-state index in [1.807, 2.05) is 0 Å². The lowest BCUT2D eigenvalue weighted by atomic mass is 10.5. The maximum atomic E-state index is 10.6. The van der Waals surface area contributed by atoms with Crippen LogP contribution in [0, 0.1) is 0 Å². The van der Waals surface area contributed by atoms with E-state index in [1.165, 1.54) is 0 Å². The Labute approximate surface area is 84.9 Å². The van der Waals surface area contributed by atoms with Crippen LogP contribution in [0.25, 0.3) is 0 Å². The van der Waals surface area contributed by atoms with Gasteiger partial charge in [-0.1, -0.05) is 0 Å². The zero-order valence-corrected chi connectivity index (χ0v) is 9.59. The third-order valence-electron chi connectivity index (χ3n) is 1.29. The number of halogens is 1. The molecular formula is C6H9BrN2O3S. The summed E-state index contributed by atoms with van der Waals surface area (Å²) in [5.41, 5.74) is 0.569. The van der Waals surface area contributed by atoms with Crippen LogP contribution >= 0.6 is 15.9 Å². The van der Waals surface area contributed by atoms with Gasteiger partial charge in [0.15, 0.2) is 0 Å². The molecule has 0 radical (unpaired) electrons. The summed E-state index contributed by atoms with van der Waals surface area (Å²) in [5, 5.41) is 3.99. The Hall–Kier alpha value is -0.400. The molecule has 1 heterocycles. The molecule has 7 heteroatoms. The van der Waals surface area contributed by atoms with Crippen molar-refractivity contribution in [3.63, 3.8) is 0 Å². The van der Waals surface area contributed by atoms with Crippen molar-refractivity contribution in [2.75, 3.05) is 6.26 Å². The van der Waals surface area contributed by atoms with Gasteiger partial charge in [0.25, 0.3) is 10.1 Å². The van der Waals surface area contributed by atoms with E-state index in [-0.39, 0.29) is 6.61 Å². The van der Waals surface area contributed by atoms with Gasteiger partial charge in [-0.25, -0.2) is 0 Å². The molecule has 1 rings (SSSR count). The van der Waals surface area contributed by atoms with E-state index in [4.69, 9.17) is 0 Å². The first-order valence-corrected chi connectivity index (χ1v) is 6.02. The summed E-state index contributed by atoms with van der Waals surface area (Å²) in [5.74, 6) is 0. The zero-order valence-electron chi connectivity index (χ0n) is 7.19. The molecule has 0 unspecified atom stereocenters. The van der Waals surface area contributed by atoms with Crippen LogP contribution in [0.15, 0.2) is 10.7 Å². The van der Waals surface area contributed by atoms with Gasteiger partial charge in [0, 0.05) is 7.05 Å². The molecule has 0 saturated heterocycles. The van der Waals surface area contributed by atoms with Gasteiger partial charge >= 0.3 is 0 Å². The molecule has 0 aliphatic carbocycles. The molecule has 1 aromatic heterocycles. The number of nitrogens with zero attached hydrogens (tertiary/aromatic N) is 2. The van der Waals surface area contributed by atoms with Crippen LogP contribution in [0.4, 0.5) is 0 Å². The maximum Gasteiger partial charge on any atom is 0.264 e. The Morgan fingerprint density at radius 3 is 2.69 bits per heavy atom. The average Bonchev–Trinajstić information content (AvgIpc) is 2.27. The molecule has 0 spiro atoms. The molecule has 0 atom stereocenters. The molecule has 0 amide bonds. The first kappa shape index (κ1) is 10.7. The van der Waals surface area contributed by atoms with Gasteiger partial charge in [0.2, 0.25) is 0 Å². The van der Waals surface area contributed by atoms with Crippen LogP contribution < -0.4 is 0 Å². The van der Waals surface area contributed by atoms with Gasteiger partial charge < -0.3 is 0 Å². The summed E-state index contributed by atoms with van der Waals surface area (Å²) >= 11 is 3.23. The normalized spacial score (nSPS) is 11.9. The average molecular weight is 269 g/mol. The van der Waals surface area contributed by atoms with E-state index in [1.54, 1.807) is 17.8 Å². The maximum absolute atomic E-state index is 10.6. The zero-order chi connectivity index (χ0) is 10.1. The van der Waals surface area contributed by atoms with Crippen molar-refractivity contribution in [3.8, 4) is 0 Å². The smallest absolute Gasteiger partial charge is 0.264 e. The van der Waals surface area contributed by atoms with Gasteiger partial charge in [-0.05, 0) is 22.0 Å². The summed E-state index contributed by atoms with van der Waals surface area (Å²) in [6.45, 7) is -0.0295. The van der Waals surface area contributed by atoms with E-state index in [2.05, 4.69) is 25.2 Å². The number of hydrogen-bond donors (Lipinski definition) is 0. The van der Waals surface area contributed by atoms with Gasteiger partial charge in [0.05, 0.1) is 11.9 Å². The highest BCUT2D eigenvalue weighted by atomic mass is 79.9. The minimum atomic E-state index is -3.39. The summed E-state index contributed by atoms with van der Waals surface area (Å²) in [6, 6.07) is 1.70. The highest BCUT2D eigenvalue weighted by molar-refractivity contribution is 9.10. The van der Waals surface area contributed by atoms with E-state index in [9.17, 15) is 8.42 Å². The van der Waals surface area contributed by atoms with Crippen LogP contribution in [0.5, 0.6) is 0 Å². The number of aryl methyl sites for hydroxylation is 1. The second kappa shape index (κ2) is 3.77. The monoisotopic (exact) mass is 268 g/mol. The lowest BCUT2D eigenvalue weighted by Gasteiger charge is -1.96. The summed E-state index contributed by atoms with van der Waals surface area (Å²) < 4.78 is 28.2. The van der Waals surface area contributed by atoms with E-state index >= 15 is 0 Å². The third kappa shape index (κ3) is 3.45. The summed E-state index contributed by atoms with van der Waals surface area (Å²) in [6.07, 6.45) is 1.00. The fraction of sp³-hybridized carbons (Fsp3) is 0.500. The van der Waals surface area contributed by atoms with Crippen molar-refractivity contribution >= 4 is 26.0 Å². The summed E-state index contributed by atoms with van der Waals surface area (Å²) in [4.78, 5) is 0. The van der Waals surface area contributed by atoms with Gasteiger partial charge in [-0.3, -0.25) is 8.86 Å².